The van der Waals surface area contributed by atoms with Gasteiger partial charge in [-0.2, -0.15) is 0 Å². The SMILES string of the molecule is COc1ccc(CCNC(=O)CN2CC[C@H]3NCCC[C@]3(CO)C2)cc1. The molecule has 2 fully saturated rings. The maximum atomic E-state index is 12.3. The Morgan fingerprint density at radius 2 is 2.23 bits per heavy atom. The van der Waals surface area contributed by atoms with E-state index in [0.717, 1.165) is 51.1 Å². The number of hydrogen-bond donors (Lipinski definition) is 3. The third kappa shape index (κ3) is 4.55. The van der Waals surface area contributed by atoms with E-state index in [1.54, 1.807) is 7.11 Å². The van der Waals surface area contributed by atoms with Gasteiger partial charge in [-0.05, 0) is 49.9 Å². The molecule has 6 heteroatoms. The van der Waals surface area contributed by atoms with Crippen LogP contribution in [0.25, 0.3) is 0 Å². The predicted octanol–water partition coefficient (Wildman–Crippen LogP) is 0.790. The third-order valence-corrected chi connectivity index (χ3v) is 5.83. The summed E-state index contributed by atoms with van der Waals surface area (Å²) in [5.74, 6) is 0.907. The topological polar surface area (TPSA) is 73.8 Å². The van der Waals surface area contributed by atoms with Crippen molar-refractivity contribution in [2.45, 2.75) is 31.7 Å². The maximum absolute atomic E-state index is 12.3. The third-order valence-electron chi connectivity index (χ3n) is 5.83. The first-order chi connectivity index (χ1) is 12.6. The van der Waals surface area contributed by atoms with Crippen molar-refractivity contribution in [2.75, 3.05) is 46.4 Å². The van der Waals surface area contributed by atoms with Gasteiger partial charge in [-0.1, -0.05) is 12.1 Å². The fraction of sp³-hybridized carbons (Fsp3) is 0.650. The number of piperidine rings is 2. The normalized spacial score (nSPS) is 26.2. The number of carbonyl (C=O) groups excluding carboxylic acids is 1. The van der Waals surface area contributed by atoms with E-state index in [1.165, 1.54) is 5.56 Å². The second kappa shape index (κ2) is 8.84. The monoisotopic (exact) mass is 361 g/mol. The van der Waals surface area contributed by atoms with Crippen molar-refractivity contribution >= 4 is 5.91 Å². The molecule has 2 aliphatic rings. The predicted molar refractivity (Wildman–Crippen MR) is 101 cm³/mol. The Morgan fingerprint density at radius 1 is 1.42 bits per heavy atom. The summed E-state index contributed by atoms with van der Waals surface area (Å²) >= 11 is 0. The number of amides is 1. The van der Waals surface area contributed by atoms with Crippen LogP contribution in [0, 0.1) is 5.41 Å². The molecule has 0 aromatic heterocycles. The molecule has 26 heavy (non-hydrogen) atoms. The Bertz CT molecular complexity index is 592. The molecule has 0 saturated carbocycles. The number of aliphatic hydroxyl groups is 1. The van der Waals surface area contributed by atoms with Crippen LogP contribution in [0.3, 0.4) is 0 Å². The van der Waals surface area contributed by atoms with E-state index in [-0.39, 0.29) is 17.9 Å². The highest BCUT2D eigenvalue weighted by Gasteiger charge is 2.44. The second-order valence-electron chi connectivity index (χ2n) is 7.58. The Hall–Kier alpha value is -1.63. The lowest BCUT2D eigenvalue weighted by Gasteiger charge is -2.50. The Morgan fingerprint density at radius 3 is 2.96 bits per heavy atom. The van der Waals surface area contributed by atoms with Crippen LogP contribution in [0.1, 0.15) is 24.8 Å². The van der Waals surface area contributed by atoms with Crippen LogP contribution in [0.15, 0.2) is 24.3 Å². The van der Waals surface area contributed by atoms with Gasteiger partial charge in [0.15, 0.2) is 0 Å². The number of hydrogen-bond acceptors (Lipinski definition) is 5. The number of fused-ring (bicyclic) bond motifs is 1. The highest BCUT2D eigenvalue weighted by molar-refractivity contribution is 5.78. The highest BCUT2D eigenvalue weighted by atomic mass is 16.5. The molecular weight excluding hydrogens is 330 g/mol. The summed E-state index contributed by atoms with van der Waals surface area (Å²) in [6, 6.07) is 8.31. The molecule has 0 spiro atoms. The van der Waals surface area contributed by atoms with Gasteiger partial charge in [-0.25, -0.2) is 0 Å². The largest absolute Gasteiger partial charge is 0.497 e. The van der Waals surface area contributed by atoms with Crippen molar-refractivity contribution in [3.63, 3.8) is 0 Å². The van der Waals surface area contributed by atoms with Crippen molar-refractivity contribution < 1.29 is 14.6 Å². The number of likely N-dealkylation sites (tertiary alicyclic amines) is 1. The molecule has 3 rings (SSSR count). The van der Waals surface area contributed by atoms with Gasteiger partial charge in [0, 0.05) is 31.1 Å². The number of aliphatic hydroxyl groups excluding tert-OH is 1. The van der Waals surface area contributed by atoms with Crippen LogP contribution in [-0.4, -0.2) is 68.4 Å². The van der Waals surface area contributed by atoms with Gasteiger partial charge in [0.25, 0.3) is 0 Å². The molecule has 0 radical (unpaired) electrons. The highest BCUT2D eigenvalue weighted by Crippen LogP contribution is 2.36. The zero-order valence-electron chi connectivity index (χ0n) is 15.7. The molecular formula is C20H31N3O3. The van der Waals surface area contributed by atoms with Gasteiger partial charge in [0.1, 0.15) is 5.75 Å². The molecule has 1 aromatic carbocycles. The first-order valence-electron chi connectivity index (χ1n) is 9.61. The van der Waals surface area contributed by atoms with Crippen LogP contribution < -0.4 is 15.4 Å². The van der Waals surface area contributed by atoms with Crippen molar-refractivity contribution in [1.82, 2.24) is 15.5 Å². The van der Waals surface area contributed by atoms with Crippen molar-refractivity contribution in [3.8, 4) is 5.75 Å². The smallest absolute Gasteiger partial charge is 0.234 e. The van der Waals surface area contributed by atoms with E-state index in [4.69, 9.17) is 4.74 Å². The van der Waals surface area contributed by atoms with E-state index < -0.39 is 0 Å². The summed E-state index contributed by atoms with van der Waals surface area (Å²) in [6.07, 6.45) is 3.94. The van der Waals surface area contributed by atoms with E-state index >= 15 is 0 Å². The van der Waals surface area contributed by atoms with Crippen LogP contribution in [0.5, 0.6) is 5.75 Å². The first kappa shape index (κ1) is 19.1. The van der Waals surface area contributed by atoms with Crippen LogP contribution in [0.4, 0.5) is 0 Å². The molecule has 1 amide bonds. The Balaban J connectivity index is 1.43. The molecule has 3 N–H and O–H groups in total. The van der Waals surface area contributed by atoms with E-state index in [2.05, 4.69) is 15.5 Å². The molecule has 6 nitrogen and oxygen atoms in total. The minimum atomic E-state index is -0.0835. The number of methoxy groups -OCH3 is 1. The fourth-order valence-electron chi connectivity index (χ4n) is 4.31. The molecule has 0 unspecified atom stereocenters. The Kier molecular flexibility index (Phi) is 6.51. The number of ether oxygens (including phenoxy) is 1. The quantitative estimate of drug-likeness (QED) is 0.670. The number of rotatable bonds is 7. The number of carbonyl (C=O) groups is 1. The van der Waals surface area contributed by atoms with Crippen LogP contribution in [0.2, 0.25) is 0 Å². The van der Waals surface area contributed by atoms with E-state index in [0.29, 0.717) is 19.1 Å². The second-order valence-corrected chi connectivity index (χ2v) is 7.58. The molecule has 144 valence electrons. The number of nitrogens with one attached hydrogen (secondary N) is 2. The molecule has 1 aromatic rings. The average molecular weight is 361 g/mol. The zero-order valence-corrected chi connectivity index (χ0v) is 15.7. The van der Waals surface area contributed by atoms with Gasteiger partial charge in [-0.3, -0.25) is 9.69 Å². The number of benzene rings is 1. The van der Waals surface area contributed by atoms with Crippen LogP contribution in [-0.2, 0) is 11.2 Å². The van der Waals surface area contributed by atoms with Crippen molar-refractivity contribution in [2.24, 2.45) is 5.41 Å². The summed E-state index contributed by atoms with van der Waals surface area (Å²) in [5, 5.41) is 16.5. The molecule has 2 saturated heterocycles. The molecule has 0 aliphatic carbocycles. The molecule has 0 bridgehead atoms. The minimum absolute atomic E-state index is 0.0637. The summed E-state index contributed by atoms with van der Waals surface area (Å²) in [5.41, 5.74) is 1.10. The summed E-state index contributed by atoms with van der Waals surface area (Å²) < 4.78 is 5.15. The summed E-state index contributed by atoms with van der Waals surface area (Å²) in [6.45, 7) is 3.99. The van der Waals surface area contributed by atoms with Gasteiger partial charge >= 0.3 is 0 Å². The van der Waals surface area contributed by atoms with Gasteiger partial charge in [-0.15, -0.1) is 0 Å². The number of nitrogens with zero attached hydrogens (tertiary/aromatic N) is 1. The van der Waals surface area contributed by atoms with Crippen LogP contribution >= 0.6 is 0 Å². The molecule has 2 atom stereocenters. The summed E-state index contributed by atoms with van der Waals surface area (Å²) in [4.78, 5) is 14.5. The lowest BCUT2D eigenvalue weighted by atomic mass is 9.71. The fourth-order valence-corrected chi connectivity index (χ4v) is 4.31. The van der Waals surface area contributed by atoms with E-state index in [1.807, 2.05) is 24.3 Å². The average Bonchev–Trinajstić information content (AvgIpc) is 2.68. The summed E-state index contributed by atoms with van der Waals surface area (Å²) in [7, 11) is 1.66. The van der Waals surface area contributed by atoms with Crippen molar-refractivity contribution in [1.29, 1.82) is 0 Å². The van der Waals surface area contributed by atoms with Gasteiger partial charge in [0.05, 0.1) is 20.3 Å². The van der Waals surface area contributed by atoms with Crippen molar-refractivity contribution in [3.05, 3.63) is 29.8 Å². The zero-order chi connectivity index (χ0) is 18.4. The molecule has 2 aliphatic heterocycles. The lowest BCUT2D eigenvalue weighted by Crippen LogP contribution is -2.62. The standard InChI is InChI=1S/C20H31N3O3/c1-26-17-5-3-16(4-6-17)7-11-22-19(25)13-23-12-8-18-20(14-23,15-24)9-2-10-21-18/h3-6,18,21,24H,2,7-15H2,1H3,(H,22,25)/t18-,20-/m1/s1. The maximum Gasteiger partial charge on any atom is 0.234 e. The van der Waals surface area contributed by atoms with Gasteiger partial charge in [0.2, 0.25) is 5.91 Å². The van der Waals surface area contributed by atoms with Gasteiger partial charge < -0.3 is 20.5 Å². The Labute approximate surface area is 155 Å². The lowest BCUT2D eigenvalue weighted by molar-refractivity contribution is -0.124. The minimum Gasteiger partial charge on any atom is -0.497 e. The first-order valence-corrected chi connectivity index (χ1v) is 9.61. The molecule has 2 heterocycles. The van der Waals surface area contributed by atoms with E-state index in [9.17, 15) is 9.90 Å².